The molecule has 1 saturated heterocycles. The van der Waals surface area contributed by atoms with Crippen LogP contribution in [0.25, 0.3) is 0 Å². The van der Waals surface area contributed by atoms with E-state index < -0.39 is 10.0 Å². The number of carbonyl (C=O) groups excluding carboxylic acids is 1. The third kappa shape index (κ3) is 3.34. The lowest BCUT2D eigenvalue weighted by molar-refractivity contribution is 0.0985. The van der Waals surface area contributed by atoms with Gasteiger partial charge in [-0.1, -0.05) is 29.8 Å². The van der Waals surface area contributed by atoms with Crippen LogP contribution in [0.4, 0.5) is 5.69 Å². The van der Waals surface area contributed by atoms with E-state index in [-0.39, 0.29) is 21.4 Å². The molecular weight excluding hydrogens is 396 g/mol. The predicted octanol–water partition coefficient (Wildman–Crippen LogP) is 4.03. The van der Waals surface area contributed by atoms with Gasteiger partial charge in [-0.25, -0.2) is 8.42 Å². The molecule has 0 aromatic heterocycles. The zero-order chi connectivity index (χ0) is 19.9. The van der Waals surface area contributed by atoms with Crippen molar-refractivity contribution >= 4 is 33.2 Å². The summed E-state index contributed by atoms with van der Waals surface area (Å²) >= 11 is 6.33. The minimum absolute atomic E-state index is 0.129. The van der Waals surface area contributed by atoms with E-state index in [1.54, 1.807) is 4.90 Å². The van der Waals surface area contributed by atoms with E-state index >= 15 is 0 Å². The van der Waals surface area contributed by atoms with Crippen LogP contribution in [0.3, 0.4) is 0 Å². The fourth-order valence-electron chi connectivity index (χ4n) is 4.10. The average molecular weight is 419 g/mol. The molecular formula is C21H23ClN2O3S. The van der Waals surface area contributed by atoms with Crippen LogP contribution in [0, 0.1) is 6.92 Å². The van der Waals surface area contributed by atoms with Crippen LogP contribution in [0.1, 0.15) is 40.7 Å². The van der Waals surface area contributed by atoms with Crippen LogP contribution < -0.4 is 4.90 Å². The van der Waals surface area contributed by atoms with Crippen molar-refractivity contribution in [1.82, 2.24) is 4.31 Å². The molecule has 0 radical (unpaired) electrons. The summed E-state index contributed by atoms with van der Waals surface area (Å²) in [4.78, 5) is 15.2. The Labute approximate surface area is 171 Å². The number of rotatable bonds is 3. The number of anilines is 1. The minimum atomic E-state index is -3.61. The number of fused-ring (bicyclic) bond motifs is 1. The Bertz CT molecular complexity index is 1030. The molecule has 0 N–H and O–H groups in total. The molecule has 1 fully saturated rings. The first-order chi connectivity index (χ1) is 13.4. The van der Waals surface area contributed by atoms with Gasteiger partial charge in [-0.15, -0.1) is 0 Å². The number of hydrogen-bond donors (Lipinski definition) is 0. The van der Waals surface area contributed by atoms with Gasteiger partial charge in [0.2, 0.25) is 10.0 Å². The molecule has 4 rings (SSSR count). The molecule has 2 aromatic rings. The van der Waals surface area contributed by atoms with Gasteiger partial charge in [0.1, 0.15) is 0 Å². The number of sulfonamides is 1. The van der Waals surface area contributed by atoms with Gasteiger partial charge in [-0.3, -0.25) is 4.79 Å². The van der Waals surface area contributed by atoms with Crippen molar-refractivity contribution in [3.63, 3.8) is 0 Å². The molecule has 0 atom stereocenters. The van der Waals surface area contributed by atoms with Crippen molar-refractivity contribution in [2.75, 3.05) is 24.5 Å². The van der Waals surface area contributed by atoms with Crippen molar-refractivity contribution in [1.29, 1.82) is 0 Å². The molecule has 0 spiro atoms. The lowest BCUT2D eigenvalue weighted by atomic mass is 9.97. The fourth-order valence-corrected chi connectivity index (χ4v) is 5.84. The molecule has 2 aromatic carbocycles. The maximum atomic E-state index is 13.4. The molecule has 0 aliphatic carbocycles. The largest absolute Gasteiger partial charge is 0.308 e. The molecule has 2 heterocycles. The minimum Gasteiger partial charge on any atom is -0.308 e. The lowest BCUT2D eigenvalue weighted by Gasteiger charge is -2.31. The smallest absolute Gasteiger partial charge is 0.259 e. The van der Waals surface area contributed by atoms with Gasteiger partial charge in [0, 0.05) is 19.6 Å². The molecule has 2 aliphatic heterocycles. The van der Waals surface area contributed by atoms with Gasteiger partial charge in [-0.05, 0) is 61.9 Å². The first kappa shape index (κ1) is 19.4. The van der Waals surface area contributed by atoms with Gasteiger partial charge in [-0.2, -0.15) is 4.31 Å². The number of hydrogen-bond acceptors (Lipinski definition) is 3. The summed E-state index contributed by atoms with van der Waals surface area (Å²) < 4.78 is 27.3. The van der Waals surface area contributed by atoms with E-state index in [1.165, 1.54) is 22.5 Å². The van der Waals surface area contributed by atoms with Crippen LogP contribution in [-0.2, 0) is 16.4 Å². The molecule has 0 bridgehead atoms. The number of carbonyl (C=O) groups is 1. The molecule has 7 heteroatoms. The van der Waals surface area contributed by atoms with Crippen LogP contribution in [-0.4, -0.2) is 38.3 Å². The number of halogens is 1. The number of nitrogens with zero attached hydrogens (tertiary/aromatic N) is 2. The van der Waals surface area contributed by atoms with E-state index in [2.05, 4.69) is 0 Å². The zero-order valence-corrected chi connectivity index (χ0v) is 17.4. The first-order valence-electron chi connectivity index (χ1n) is 9.59. The van der Waals surface area contributed by atoms with E-state index in [9.17, 15) is 13.2 Å². The summed E-state index contributed by atoms with van der Waals surface area (Å²) in [6.45, 7) is 3.62. The Hall–Kier alpha value is -1.89. The standard InChI is InChI=1S/C21H23ClN2O3S/c1-15-6-4-7-16-8-5-13-24(20(15)16)21(25)18-14-17(9-10-19(18)22)28(26,27)23-11-2-3-12-23/h4,6-7,9-10,14H,2-3,5,8,11-13H2,1H3. The van der Waals surface area contributed by atoms with Crippen LogP contribution >= 0.6 is 11.6 Å². The second kappa shape index (κ2) is 7.50. The van der Waals surface area contributed by atoms with Gasteiger partial charge in [0.25, 0.3) is 5.91 Å². The maximum Gasteiger partial charge on any atom is 0.259 e. The van der Waals surface area contributed by atoms with Crippen molar-refractivity contribution in [2.24, 2.45) is 0 Å². The monoisotopic (exact) mass is 418 g/mol. The van der Waals surface area contributed by atoms with Crippen molar-refractivity contribution in [3.8, 4) is 0 Å². The highest BCUT2D eigenvalue weighted by Crippen LogP contribution is 2.33. The number of aryl methyl sites for hydroxylation is 2. The normalized spacial score (nSPS) is 17.6. The lowest BCUT2D eigenvalue weighted by Crippen LogP contribution is -2.36. The summed E-state index contributed by atoms with van der Waals surface area (Å²) in [5.41, 5.74) is 3.32. The second-order valence-electron chi connectivity index (χ2n) is 7.40. The Morgan fingerprint density at radius 2 is 1.79 bits per heavy atom. The maximum absolute atomic E-state index is 13.4. The topological polar surface area (TPSA) is 57.7 Å². The Morgan fingerprint density at radius 1 is 1.04 bits per heavy atom. The molecule has 0 saturated carbocycles. The van der Waals surface area contributed by atoms with Gasteiger partial charge in [0.15, 0.2) is 0 Å². The highest BCUT2D eigenvalue weighted by molar-refractivity contribution is 7.89. The van der Waals surface area contributed by atoms with Crippen LogP contribution in [0.2, 0.25) is 5.02 Å². The van der Waals surface area contributed by atoms with Gasteiger partial charge in [0.05, 0.1) is 21.2 Å². The van der Waals surface area contributed by atoms with E-state index in [0.717, 1.165) is 42.5 Å². The quantitative estimate of drug-likeness (QED) is 0.756. The summed E-state index contributed by atoms with van der Waals surface area (Å²) in [7, 11) is -3.61. The first-order valence-corrected chi connectivity index (χ1v) is 11.4. The van der Waals surface area contributed by atoms with Crippen LogP contribution in [0.15, 0.2) is 41.3 Å². The molecule has 28 heavy (non-hydrogen) atoms. The third-order valence-electron chi connectivity index (χ3n) is 5.54. The van der Waals surface area contributed by atoms with E-state index in [0.29, 0.717) is 19.6 Å². The molecule has 0 unspecified atom stereocenters. The second-order valence-corrected chi connectivity index (χ2v) is 9.74. The third-order valence-corrected chi connectivity index (χ3v) is 7.76. The predicted molar refractivity (Wildman–Crippen MR) is 111 cm³/mol. The summed E-state index contributed by atoms with van der Waals surface area (Å²) in [6.07, 6.45) is 3.52. The SMILES string of the molecule is Cc1cccc2c1N(C(=O)c1cc(S(=O)(=O)N3CCCC3)ccc1Cl)CCC2. The highest BCUT2D eigenvalue weighted by Gasteiger charge is 2.30. The van der Waals surface area contributed by atoms with Gasteiger partial charge >= 0.3 is 0 Å². The Morgan fingerprint density at radius 3 is 2.54 bits per heavy atom. The average Bonchev–Trinajstić information content (AvgIpc) is 3.23. The van der Waals surface area contributed by atoms with Crippen molar-refractivity contribution < 1.29 is 13.2 Å². The molecule has 1 amide bonds. The highest BCUT2D eigenvalue weighted by atomic mass is 35.5. The van der Waals surface area contributed by atoms with Crippen LogP contribution in [0.5, 0.6) is 0 Å². The molecule has 148 valence electrons. The van der Waals surface area contributed by atoms with E-state index in [4.69, 9.17) is 11.6 Å². The molecule has 5 nitrogen and oxygen atoms in total. The summed E-state index contributed by atoms with van der Waals surface area (Å²) in [6, 6.07) is 10.5. The van der Waals surface area contributed by atoms with Gasteiger partial charge < -0.3 is 4.90 Å². The number of para-hydroxylation sites is 1. The van der Waals surface area contributed by atoms with Crippen molar-refractivity contribution in [3.05, 3.63) is 58.1 Å². The molecule has 2 aliphatic rings. The van der Waals surface area contributed by atoms with E-state index in [1.807, 2.05) is 25.1 Å². The Kier molecular flexibility index (Phi) is 5.21. The Balaban J connectivity index is 1.74. The van der Waals surface area contributed by atoms with Crippen molar-refractivity contribution in [2.45, 2.75) is 37.5 Å². The summed E-state index contributed by atoms with van der Waals surface area (Å²) in [5.74, 6) is -0.251. The fraction of sp³-hybridized carbons (Fsp3) is 0.381. The number of amides is 1. The number of benzene rings is 2. The summed E-state index contributed by atoms with van der Waals surface area (Å²) in [5, 5.41) is 0.270. The zero-order valence-electron chi connectivity index (χ0n) is 15.8.